The molecule has 1 unspecified atom stereocenters. The third kappa shape index (κ3) is 5.68. The Balaban J connectivity index is 2.67. The van der Waals surface area contributed by atoms with Crippen molar-refractivity contribution in [2.24, 2.45) is 5.92 Å². The fourth-order valence-corrected chi connectivity index (χ4v) is 2.60. The van der Waals surface area contributed by atoms with Crippen LogP contribution < -0.4 is 10.0 Å². The molecule has 0 aliphatic heterocycles. The van der Waals surface area contributed by atoms with Crippen LogP contribution in [-0.4, -0.2) is 27.4 Å². The fraction of sp³-hybridized carbons (Fsp3) is 0.333. The first-order valence-electron chi connectivity index (χ1n) is 6.84. The Labute approximate surface area is 130 Å². The van der Waals surface area contributed by atoms with E-state index in [1.165, 1.54) is 18.2 Å². The molecular formula is C15H19N3O3S. The van der Waals surface area contributed by atoms with Crippen molar-refractivity contribution < 1.29 is 13.2 Å². The van der Waals surface area contributed by atoms with Crippen LogP contribution in [0.1, 0.15) is 19.4 Å². The number of hydrogen-bond donors (Lipinski definition) is 2. The Morgan fingerprint density at radius 3 is 2.55 bits per heavy atom. The molecule has 22 heavy (non-hydrogen) atoms. The van der Waals surface area contributed by atoms with Gasteiger partial charge in [0.25, 0.3) is 0 Å². The van der Waals surface area contributed by atoms with Crippen molar-refractivity contribution in [1.82, 2.24) is 10.0 Å². The lowest BCUT2D eigenvalue weighted by atomic mass is 10.2. The first-order chi connectivity index (χ1) is 10.4. The van der Waals surface area contributed by atoms with Gasteiger partial charge >= 0.3 is 0 Å². The van der Waals surface area contributed by atoms with Gasteiger partial charge in [0.1, 0.15) is 0 Å². The molecular weight excluding hydrogens is 302 g/mol. The maximum Gasteiger partial charge on any atom is 0.244 e. The van der Waals surface area contributed by atoms with Crippen LogP contribution in [0.4, 0.5) is 0 Å². The Kier molecular flexibility index (Phi) is 6.76. The van der Waals surface area contributed by atoms with Gasteiger partial charge in [0.15, 0.2) is 0 Å². The molecule has 118 valence electrons. The second kappa shape index (κ2) is 8.32. The molecule has 0 saturated heterocycles. The zero-order valence-electron chi connectivity index (χ0n) is 12.5. The molecule has 1 atom stereocenters. The van der Waals surface area contributed by atoms with E-state index in [0.29, 0.717) is 18.7 Å². The average molecular weight is 321 g/mol. The summed E-state index contributed by atoms with van der Waals surface area (Å²) in [6.45, 7) is 4.04. The molecule has 1 rings (SSSR count). The summed E-state index contributed by atoms with van der Waals surface area (Å²) in [5.41, 5.74) is 0.707. The number of carbonyl (C=O) groups excluding carboxylic acids is 1. The minimum absolute atomic E-state index is 0.179. The topological polar surface area (TPSA) is 99.1 Å². The highest BCUT2D eigenvalue weighted by Crippen LogP contribution is 2.11. The average Bonchev–Trinajstić information content (AvgIpc) is 2.50. The highest BCUT2D eigenvalue weighted by molar-refractivity contribution is 7.89. The number of carbonyl (C=O) groups is 1. The van der Waals surface area contributed by atoms with Gasteiger partial charge in [-0.05, 0) is 30.7 Å². The van der Waals surface area contributed by atoms with Crippen molar-refractivity contribution in [3.63, 3.8) is 0 Å². The predicted molar refractivity (Wildman–Crippen MR) is 84.1 cm³/mol. The van der Waals surface area contributed by atoms with E-state index in [4.69, 9.17) is 5.26 Å². The molecule has 6 nitrogen and oxygen atoms in total. The number of nitrogens with one attached hydrogen (secondary N) is 2. The maximum absolute atomic E-state index is 11.8. The predicted octanol–water partition coefficient (Wildman–Crippen LogP) is 1.27. The van der Waals surface area contributed by atoms with Crippen molar-refractivity contribution in [2.45, 2.75) is 18.7 Å². The summed E-state index contributed by atoms with van der Waals surface area (Å²) in [5, 5.41) is 11.2. The standard InChI is InChI=1S/C15H19N3O3S/c1-3-18-22(20,21)14-7-4-13(5-8-14)6-9-15(19)17-11-12(2)10-16/h4-9,12,18H,3,11H2,1-2H3,(H,17,19). The van der Waals surface area contributed by atoms with E-state index in [1.807, 2.05) is 6.07 Å². The highest BCUT2D eigenvalue weighted by atomic mass is 32.2. The van der Waals surface area contributed by atoms with E-state index >= 15 is 0 Å². The molecule has 0 aliphatic carbocycles. The molecule has 1 aromatic rings. The number of sulfonamides is 1. The van der Waals surface area contributed by atoms with Crippen molar-refractivity contribution in [1.29, 1.82) is 5.26 Å². The highest BCUT2D eigenvalue weighted by Gasteiger charge is 2.11. The number of nitriles is 1. The van der Waals surface area contributed by atoms with E-state index in [-0.39, 0.29) is 16.7 Å². The summed E-state index contributed by atoms with van der Waals surface area (Å²) in [6, 6.07) is 8.22. The summed E-state index contributed by atoms with van der Waals surface area (Å²) >= 11 is 0. The number of hydrogen-bond acceptors (Lipinski definition) is 4. The van der Waals surface area contributed by atoms with Crippen LogP contribution in [-0.2, 0) is 14.8 Å². The lowest BCUT2D eigenvalue weighted by Crippen LogP contribution is -2.25. The Morgan fingerprint density at radius 2 is 2.00 bits per heavy atom. The van der Waals surface area contributed by atoms with Gasteiger partial charge in [-0.25, -0.2) is 13.1 Å². The van der Waals surface area contributed by atoms with Crippen LogP contribution in [0.2, 0.25) is 0 Å². The molecule has 1 aromatic carbocycles. The summed E-state index contributed by atoms with van der Waals surface area (Å²) in [4.78, 5) is 11.7. The van der Waals surface area contributed by atoms with Gasteiger partial charge in [0.05, 0.1) is 16.9 Å². The van der Waals surface area contributed by atoms with Crippen LogP contribution in [0.15, 0.2) is 35.2 Å². The molecule has 1 amide bonds. The van der Waals surface area contributed by atoms with Gasteiger partial charge in [-0.15, -0.1) is 0 Å². The maximum atomic E-state index is 11.8. The molecule has 0 saturated carbocycles. The van der Waals surface area contributed by atoms with Crippen molar-refractivity contribution >= 4 is 22.0 Å². The number of amides is 1. The zero-order chi connectivity index (χ0) is 16.6. The Hall–Kier alpha value is -2.17. The van der Waals surface area contributed by atoms with Crippen LogP contribution in [0.5, 0.6) is 0 Å². The molecule has 0 heterocycles. The molecule has 0 bridgehead atoms. The number of nitrogens with zero attached hydrogens (tertiary/aromatic N) is 1. The third-order valence-electron chi connectivity index (χ3n) is 2.75. The van der Waals surface area contributed by atoms with Crippen molar-refractivity contribution in [3.8, 4) is 6.07 Å². The Bertz CT molecular complexity index is 673. The first kappa shape index (κ1) is 17.9. The second-order valence-corrected chi connectivity index (χ2v) is 6.45. The zero-order valence-corrected chi connectivity index (χ0v) is 13.4. The van der Waals surface area contributed by atoms with E-state index in [9.17, 15) is 13.2 Å². The molecule has 0 aromatic heterocycles. The summed E-state index contributed by atoms with van der Waals surface area (Å²) < 4.78 is 25.9. The fourth-order valence-electron chi connectivity index (χ4n) is 1.56. The van der Waals surface area contributed by atoms with Crippen LogP contribution in [0.3, 0.4) is 0 Å². The van der Waals surface area contributed by atoms with Crippen molar-refractivity contribution in [3.05, 3.63) is 35.9 Å². The quantitative estimate of drug-likeness (QED) is 0.739. The summed E-state index contributed by atoms with van der Waals surface area (Å²) in [5.74, 6) is -0.542. The Morgan fingerprint density at radius 1 is 1.36 bits per heavy atom. The van der Waals surface area contributed by atoms with E-state index in [1.54, 1.807) is 32.1 Å². The summed E-state index contributed by atoms with van der Waals surface area (Å²) in [7, 11) is -3.46. The third-order valence-corrected chi connectivity index (χ3v) is 4.32. The van der Waals surface area contributed by atoms with E-state index in [0.717, 1.165) is 0 Å². The van der Waals surface area contributed by atoms with Gasteiger partial charge in [-0.2, -0.15) is 5.26 Å². The van der Waals surface area contributed by atoms with Crippen LogP contribution in [0, 0.1) is 17.2 Å². The van der Waals surface area contributed by atoms with E-state index in [2.05, 4.69) is 10.0 Å². The normalized spacial score (nSPS) is 12.8. The van der Waals surface area contributed by atoms with Gasteiger partial charge in [-0.3, -0.25) is 4.79 Å². The largest absolute Gasteiger partial charge is 0.351 e. The molecule has 0 radical (unpaired) electrons. The second-order valence-electron chi connectivity index (χ2n) is 4.68. The first-order valence-corrected chi connectivity index (χ1v) is 8.32. The molecule has 2 N–H and O–H groups in total. The minimum Gasteiger partial charge on any atom is -0.351 e. The molecule has 7 heteroatoms. The van der Waals surface area contributed by atoms with E-state index < -0.39 is 10.0 Å². The molecule has 0 aliphatic rings. The smallest absolute Gasteiger partial charge is 0.244 e. The van der Waals surface area contributed by atoms with Crippen LogP contribution in [0.25, 0.3) is 6.08 Å². The molecule has 0 fully saturated rings. The summed E-state index contributed by atoms with van der Waals surface area (Å²) in [6.07, 6.45) is 2.92. The monoisotopic (exact) mass is 321 g/mol. The van der Waals surface area contributed by atoms with Gasteiger partial charge in [0.2, 0.25) is 15.9 Å². The lowest BCUT2D eigenvalue weighted by Gasteiger charge is -2.04. The van der Waals surface area contributed by atoms with Gasteiger partial charge in [-0.1, -0.05) is 19.1 Å². The minimum atomic E-state index is -3.46. The molecule has 0 spiro atoms. The van der Waals surface area contributed by atoms with Gasteiger partial charge in [0, 0.05) is 19.2 Å². The van der Waals surface area contributed by atoms with Gasteiger partial charge < -0.3 is 5.32 Å². The van der Waals surface area contributed by atoms with Crippen molar-refractivity contribution in [2.75, 3.05) is 13.1 Å². The SMILES string of the molecule is CCNS(=O)(=O)c1ccc(C=CC(=O)NCC(C)C#N)cc1. The number of benzene rings is 1. The number of rotatable bonds is 7. The lowest BCUT2D eigenvalue weighted by molar-refractivity contribution is -0.116. The van der Waals surface area contributed by atoms with Crippen LogP contribution >= 0.6 is 0 Å².